The van der Waals surface area contributed by atoms with Gasteiger partial charge in [0.2, 0.25) is 17.6 Å². The fourth-order valence-corrected chi connectivity index (χ4v) is 3.15. The van der Waals surface area contributed by atoms with Crippen molar-refractivity contribution in [2.75, 3.05) is 18.9 Å². The molecule has 1 aromatic carbocycles. The first-order valence-corrected chi connectivity index (χ1v) is 9.28. The number of halogens is 1. The number of aromatic nitrogens is 2. The number of rotatable bonds is 7. The third-order valence-corrected chi connectivity index (χ3v) is 4.75. The molecule has 0 unspecified atom stereocenters. The van der Waals surface area contributed by atoms with Gasteiger partial charge in [0.05, 0.1) is 17.6 Å². The van der Waals surface area contributed by atoms with Crippen LogP contribution in [-0.2, 0) is 15.3 Å². The minimum absolute atomic E-state index is 0.00654. The predicted molar refractivity (Wildman–Crippen MR) is 92.9 cm³/mol. The van der Waals surface area contributed by atoms with Crippen molar-refractivity contribution < 1.29 is 14.1 Å². The maximum absolute atomic E-state index is 11.8. The molecule has 24 heavy (non-hydrogen) atoms. The highest BCUT2D eigenvalue weighted by Gasteiger charge is 2.16. The molecule has 1 aliphatic rings. The molecule has 0 saturated carbocycles. The van der Waals surface area contributed by atoms with Gasteiger partial charge in [0.25, 0.3) is 0 Å². The summed E-state index contributed by atoms with van der Waals surface area (Å²) >= 11 is 7.29. The molecule has 1 aromatic heterocycles. The van der Waals surface area contributed by atoms with Crippen molar-refractivity contribution in [3.05, 3.63) is 35.2 Å². The lowest BCUT2D eigenvalue weighted by atomic mass is 10.2. The second-order valence-corrected chi connectivity index (χ2v) is 6.87. The Morgan fingerprint density at radius 1 is 1.38 bits per heavy atom. The summed E-state index contributed by atoms with van der Waals surface area (Å²) in [6.45, 7) is 1.38. The Morgan fingerprint density at radius 3 is 2.96 bits per heavy atom. The van der Waals surface area contributed by atoms with Gasteiger partial charge in [-0.05, 0) is 37.1 Å². The van der Waals surface area contributed by atoms with E-state index in [1.165, 1.54) is 11.8 Å². The average molecular weight is 368 g/mol. The first kappa shape index (κ1) is 17.3. The number of thioether (sulfide) groups is 1. The van der Waals surface area contributed by atoms with Crippen LogP contribution in [0.15, 0.2) is 28.8 Å². The SMILES string of the molecule is O=C(CSCc1nc(-c2ccc(Cl)cc2)no1)NC[C@@H]1CCCO1. The second kappa shape index (κ2) is 8.50. The zero-order valence-electron chi connectivity index (χ0n) is 13.0. The summed E-state index contributed by atoms with van der Waals surface area (Å²) in [7, 11) is 0. The summed E-state index contributed by atoms with van der Waals surface area (Å²) < 4.78 is 10.7. The Balaban J connectivity index is 1.40. The quantitative estimate of drug-likeness (QED) is 0.810. The molecule has 6 nitrogen and oxygen atoms in total. The van der Waals surface area contributed by atoms with E-state index in [1.54, 1.807) is 12.1 Å². The molecule has 1 fully saturated rings. The molecule has 1 amide bonds. The maximum Gasteiger partial charge on any atom is 0.236 e. The Bertz CT molecular complexity index is 671. The normalized spacial score (nSPS) is 17.1. The van der Waals surface area contributed by atoms with Crippen LogP contribution in [0, 0.1) is 0 Å². The first-order valence-electron chi connectivity index (χ1n) is 7.75. The highest BCUT2D eigenvalue weighted by molar-refractivity contribution is 7.99. The molecule has 0 spiro atoms. The lowest BCUT2D eigenvalue weighted by Crippen LogP contribution is -2.32. The Morgan fingerprint density at radius 2 is 2.21 bits per heavy atom. The number of carbonyl (C=O) groups is 1. The predicted octanol–water partition coefficient (Wildman–Crippen LogP) is 2.92. The van der Waals surface area contributed by atoms with Crippen LogP contribution in [0.3, 0.4) is 0 Å². The number of benzene rings is 1. The van der Waals surface area contributed by atoms with E-state index in [9.17, 15) is 4.79 Å². The van der Waals surface area contributed by atoms with Gasteiger partial charge in [-0.3, -0.25) is 4.79 Å². The Labute approximate surface area is 149 Å². The summed E-state index contributed by atoms with van der Waals surface area (Å²) in [5.41, 5.74) is 0.841. The lowest BCUT2D eigenvalue weighted by molar-refractivity contribution is -0.119. The fraction of sp³-hybridized carbons (Fsp3) is 0.438. The molecule has 128 valence electrons. The molecule has 1 aliphatic heterocycles. The number of hydrogen-bond donors (Lipinski definition) is 1. The highest BCUT2D eigenvalue weighted by atomic mass is 35.5. The molecule has 2 heterocycles. The summed E-state index contributed by atoms with van der Waals surface area (Å²) in [6, 6.07) is 7.23. The maximum atomic E-state index is 11.8. The van der Waals surface area contributed by atoms with Crippen molar-refractivity contribution in [2.24, 2.45) is 0 Å². The van der Waals surface area contributed by atoms with Crippen LogP contribution in [-0.4, -0.2) is 41.1 Å². The van der Waals surface area contributed by atoms with Crippen LogP contribution in [0.25, 0.3) is 11.4 Å². The molecule has 1 saturated heterocycles. The van der Waals surface area contributed by atoms with E-state index < -0.39 is 0 Å². The summed E-state index contributed by atoms with van der Waals surface area (Å²) in [6.07, 6.45) is 2.25. The van der Waals surface area contributed by atoms with E-state index in [4.69, 9.17) is 20.9 Å². The Kier molecular flexibility index (Phi) is 6.12. The number of hydrogen-bond acceptors (Lipinski definition) is 6. The fourth-order valence-electron chi connectivity index (χ4n) is 2.34. The molecular formula is C16H18ClN3O3S. The van der Waals surface area contributed by atoms with E-state index in [-0.39, 0.29) is 12.0 Å². The molecule has 3 rings (SSSR count). The number of nitrogens with zero attached hydrogens (tertiary/aromatic N) is 2. The van der Waals surface area contributed by atoms with Gasteiger partial charge >= 0.3 is 0 Å². The number of nitrogens with one attached hydrogen (secondary N) is 1. The highest BCUT2D eigenvalue weighted by Crippen LogP contribution is 2.20. The van der Waals surface area contributed by atoms with Crippen LogP contribution in [0.1, 0.15) is 18.7 Å². The van der Waals surface area contributed by atoms with Crippen LogP contribution >= 0.6 is 23.4 Å². The smallest absolute Gasteiger partial charge is 0.236 e. The van der Waals surface area contributed by atoms with Gasteiger partial charge in [-0.2, -0.15) is 4.98 Å². The minimum atomic E-state index is -0.00654. The number of amides is 1. The third kappa shape index (κ3) is 4.96. The standard InChI is InChI=1S/C16H18ClN3O3S/c17-12-5-3-11(4-6-12)16-19-15(23-20-16)10-24-9-14(21)18-8-13-2-1-7-22-13/h3-6,13H,1-2,7-10H2,(H,18,21)/t13-/m0/s1. The molecule has 0 radical (unpaired) electrons. The van der Waals surface area contributed by atoms with Gasteiger partial charge in [0, 0.05) is 23.7 Å². The van der Waals surface area contributed by atoms with Gasteiger partial charge < -0.3 is 14.6 Å². The van der Waals surface area contributed by atoms with Crippen molar-refractivity contribution in [1.82, 2.24) is 15.5 Å². The summed E-state index contributed by atoms with van der Waals surface area (Å²) in [5, 5.41) is 7.49. The summed E-state index contributed by atoms with van der Waals surface area (Å²) in [5.74, 6) is 1.86. The van der Waals surface area contributed by atoms with E-state index in [0.717, 1.165) is 25.0 Å². The van der Waals surface area contributed by atoms with Crippen molar-refractivity contribution >= 4 is 29.3 Å². The van der Waals surface area contributed by atoms with Crippen molar-refractivity contribution in [2.45, 2.75) is 24.7 Å². The molecular weight excluding hydrogens is 350 g/mol. The van der Waals surface area contributed by atoms with Crippen LogP contribution in [0.4, 0.5) is 0 Å². The topological polar surface area (TPSA) is 77.2 Å². The van der Waals surface area contributed by atoms with Gasteiger partial charge in [-0.15, -0.1) is 11.8 Å². The molecule has 8 heteroatoms. The zero-order chi connectivity index (χ0) is 16.8. The van der Waals surface area contributed by atoms with E-state index in [0.29, 0.717) is 34.8 Å². The molecule has 1 atom stereocenters. The van der Waals surface area contributed by atoms with Gasteiger partial charge in [0.15, 0.2) is 0 Å². The van der Waals surface area contributed by atoms with Crippen molar-refractivity contribution in [1.29, 1.82) is 0 Å². The summed E-state index contributed by atoms with van der Waals surface area (Å²) in [4.78, 5) is 16.1. The zero-order valence-corrected chi connectivity index (χ0v) is 14.6. The Hall–Kier alpha value is -1.57. The molecule has 2 aromatic rings. The second-order valence-electron chi connectivity index (χ2n) is 5.45. The van der Waals surface area contributed by atoms with Gasteiger partial charge in [-0.1, -0.05) is 16.8 Å². The van der Waals surface area contributed by atoms with Crippen LogP contribution < -0.4 is 5.32 Å². The minimum Gasteiger partial charge on any atom is -0.376 e. The monoisotopic (exact) mass is 367 g/mol. The lowest BCUT2D eigenvalue weighted by Gasteiger charge is -2.10. The van der Waals surface area contributed by atoms with E-state index in [2.05, 4.69) is 15.5 Å². The number of ether oxygens (including phenoxy) is 1. The van der Waals surface area contributed by atoms with Crippen LogP contribution in [0.5, 0.6) is 0 Å². The molecule has 0 bridgehead atoms. The van der Waals surface area contributed by atoms with Crippen LogP contribution in [0.2, 0.25) is 5.02 Å². The molecule has 0 aliphatic carbocycles. The first-order chi connectivity index (χ1) is 11.7. The van der Waals surface area contributed by atoms with Gasteiger partial charge in [0.1, 0.15) is 0 Å². The largest absolute Gasteiger partial charge is 0.376 e. The number of carbonyl (C=O) groups excluding carboxylic acids is 1. The molecule has 1 N–H and O–H groups in total. The average Bonchev–Trinajstić information content (AvgIpc) is 3.25. The van der Waals surface area contributed by atoms with Gasteiger partial charge in [-0.25, -0.2) is 0 Å². The van der Waals surface area contributed by atoms with Crippen molar-refractivity contribution in [3.63, 3.8) is 0 Å². The van der Waals surface area contributed by atoms with E-state index >= 15 is 0 Å². The third-order valence-electron chi connectivity index (χ3n) is 3.58. The van der Waals surface area contributed by atoms with E-state index in [1.807, 2.05) is 12.1 Å². The van der Waals surface area contributed by atoms with Crippen molar-refractivity contribution in [3.8, 4) is 11.4 Å².